The maximum absolute atomic E-state index is 8.71. The molecule has 1 heterocycles. The van der Waals surface area contributed by atoms with Gasteiger partial charge in [-0.25, -0.2) is 0 Å². The summed E-state index contributed by atoms with van der Waals surface area (Å²) in [5.41, 5.74) is 1.35. The molecule has 1 aliphatic heterocycles. The second kappa shape index (κ2) is 5.32. The van der Waals surface area contributed by atoms with Crippen LogP contribution < -0.4 is 4.74 Å². The topological polar surface area (TPSA) is 32.7 Å². The fraction of sp³-hybridized carbons (Fsp3) is 0.538. The number of likely N-dealkylation sites (N-methyl/N-ethyl adjacent to an activating group) is 1. The van der Waals surface area contributed by atoms with Crippen molar-refractivity contribution >= 4 is 0 Å². The van der Waals surface area contributed by atoms with Crippen molar-refractivity contribution in [2.24, 2.45) is 0 Å². The molecule has 0 bridgehead atoms. The van der Waals surface area contributed by atoms with Crippen molar-refractivity contribution in [2.75, 3.05) is 33.4 Å². The van der Waals surface area contributed by atoms with Gasteiger partial charge in [0.05, 0.1) is 6.61 Å². The van der Waals surface area contributed by atoms with Crippen LogP contribution in [0, 0.1) is 0 Å². The van der Waals surface area contributed by atoms with Gasteiger partial charge in [0.25, 0.3) is 0 Å². The van der Waals surface area contributed by atoms with Gasteiger partial charge in [-0.2, -0.15) is 0 Å². The first-order chi connectivity index (χ1) is 7.79. The van der Waals surface area contributed by atoms with Crippen molar-refractivity contribution in [1.82, 2.24) is 4.90 Å². The van der Waals surface area contributed by atoms with Crippen LogP contribution >= 0.6 is 0 Å². The smallest absolute Gasteiger partial charge is 0.119 e. The maximum Gasteiger partial charge on any atom is 0.119 e. The SMILES string of the molecule is CN1CCC(c2cccc(OCCO)c2)C1. The molecule has 1 atom stereocenters. The third-order valence-electron chi connectivity index (χ3n) is 3.08. The summed E-state index contributed by atoms with van der Waals surface area (Å²) in [6.07, 6.45) is 1.22. The van der Waals surface area contributed by atoms with E-state index in [1.807, 2.05) is 12.1 Å². The molecule has 1 aromatic carbocycles. The lowest BCUT2D eigenvalue weighted by Gasteiger charge is -2.12. The average molecular weight is 221 g/mol. The first-order valence-electron chi connectivity index (χ1n) is 5.82. The fourth-order valence-electron chi connectivity index (χ4n) is 2.23. The van der Waals surface area contributed by atoms with Crippen LogP contribution in [0.5, 0.6) is 5.75 Å². The van der Waals surface area contributed by atoms with Gasteiger partial charge in [0, 0.05) is 6.54 Å². The quantitative estimate of drug-likeness (QED) is 0.836. The van der Waals surface area contributed by atoms with Crippen LogP contribution in [-0.2, 0) is 0 Å². The lowest BCUT2D eigenvalue weighted by molar-refractivity contribution is 0.201. The van der Waals surface area contributed by atoms with E-state index in [4.69, 9.17) is 9.84 Å². The number of ether oxygens (including phenoxy) is 1. The summed E-state index contributed by atoms with van der Waals surface area (Å²) in [5.74, 6) is 1.49. The van der Waals surface area contributed by atoms with Gasteiger partial charge in [-0.3, -0.25) is 0 Å². The molecule has 0 aliphatic carbocycles. The molecule has 1 unspecified atom stereocenters. The zero-order chi connectivity index (χ0) is 11.4. The van der Waals surface area contributed by atoms with E-state index in [9.17, 15) is 0 Å². The van der Waals surface area contributed by atoms with Crippen LogP contribution in [0.2, 0.25) is 0 Å². The van der Waals surface area contributed by atoms with Gasteiger partial charge in [-0.05, 0) is 43.6 Å². The molecule has 2 rings (SSSR count). The van der Waals surface area contributed by atoms with Gasteiger partial charge in [0.2, 0.25) is 0 Å². The van der Waals surface area contributed by atoms with E-state index in [1.54, 1.807) is 0 Å². The van der Waals surface area contributed by atoms with Gasteiger partial charge in [-0.1, -0.05) is 12.1 Å². The number of aliphatic hydroxyl groups excluding tert-OH is 1. The van der Waals surface area contributed by atoms with Gasteiger partial charge in [0.15, 0.2) is 0 Å². The summed E-state index contributed by atoms with van der Waals surface area (Å²) in [7, 11) is 2.16. The van der Waals surface area contributed by atoms with Crippen molar-refractivity contribution in [3.8, 4) is 5.75 Å². The van der Waals surface area contributed by atoms with E-state index >= 15 is 0 Å². The molecule has 1 aromatic rings. The Bertz CT molecular complexity index is 340. The van der Waals surface area contributed by atoms with Gasteiger partial charge in [-0.15, -0.1) is 0 Å². The highest BCUT2D eigenvalue weighted by Gasteiger charge is 2.21. The second-order valence-electron chi connectivity index (χ2n) is 4.39. The highest BCUT2D eigenvalue weighted by Crippen LogP contribution is 2.28. The van der Waals surface area contributed by atoms with Crippen molar-refractivity contribution in [1.29, 1.82) is 0 Å². The molecular weight excluding hydrogens is 202 g/mol. The molecule has 0 spiro atoms. The number of hydrogen-bond donors (Lipinski definition) is 1. The van der Waals surface area contributed by atoms with Crippen LogP contribution in [0.15, 0.2) is 24.3 Å². The van der Waals surface area contributed by atoms with Crippen LogP contribution in [0.4, 0.5) is 0 Å². The molecule has 1 aliphatic rings. The molecule has 88 valence electrons. The molecule has 0 saturated carbocycles. The minimum Gasteiger partial charge on any atom is -0.491 e. The van der Waals surface area contributed by atoms with E-state index in [0.29, 0.717) is 12.5 Å². The fourth-order valence-corrected chi connectivity index (χ4v) is 2.23. The molecule has 3 nitrogen and oxygen atoms in total. The lowest BCUT2D eigenvalue weighted by atomic mass is 9.98. The summed E-state index contributed by atoms with van der Waals surface area (Å²) >= 11 is 0. The highest BCUT2D eigenvalue weighted by atomic mass is 16.5. The zero-order valence-corrected chi connectivity index (χ0v) is 9.72. The first-order valence-corrected chi connectivity index (χ1v) is 5.82. The minimum absolute atomic E-state index is 0.0659. The van der Waals surface area contributed by atoms with Crippen molar-refractivity contribution in [2.45, 2.75) is 12.3 Å². The predicted octanol–water partition coefficient (Wildman–Crippen LogP) is 1.48. The number of nitrogens with zero attached hydrogens (tertiary/aromatic N) is 1. The average Bonchev–Trinajstić information content (AvgIpc) is 2.74. The predicted molar refractivity (Wildman–Crippen MR) is 63.9 cm³/mol. The normalized spacial score (nSPS) is 21.2. The number of hydrogen-bond acceptors (Lipinski definition) is 3. The summed E-state index contributed by atoms with van der Waals surface area (Å²) in [4.78, 5) is 2.35. The van der Waals surface area contributed by atoms with Gasteiger partial charge >= 0.3 is 0 Å². The Hall–Kier alpha value is -1.06. The zero-order valence-electron chi connectivity index (χ0n) is 9.72. The van der Waals surface area contributed by atoms with Gasteiger partial charge in [0.1, 0.15) is 12.4 Å². The van der Waals surface area contributed by atoms with Gasteiger partial charge < -0.3 is 14.7 Å². The lowest BCUT2D eigenvalue weighted by Crippen LogP contribution is -2.13. The van der Waals surface area contributed by atoms with E-state index in [0.717, 1.165) is 12.3 Å². The molecule has 1 fully saturated rings. The molecule has 3 heteroatoms. The monoisotopic (exact) mass is 221 g/mol. The first kappa shape index (κ1) is 11.4. The Morgan fingerprint density at radius 2 is 2.38 bits per heavy atom. The summed E-state index contributed by atoms with van der Waals surface area (Å²) in [6, 6.07) is 8.23. The van der Waals surface area contributed by atoms with Crippen molar-refractivity contribution in [3.63, 3.8) is 0 Å². The van der Waals surface area contributed by atoms with E-state index in [2.05, 4.69) is 24.1 Å². The van der Waals surface area contributed by atoms with E-state index in [1.165, 1.54) is 18.5 Å². The third-order valence-corrected chi connectivity index (χ3v) is 3.08. The second-order valence-corrected chi connectivity index (χ2v) is 4.39. The Balaban J connectivity index is 2.04. The largest absolute Gasteiger partial charge is 0.491 e. The molecule has 16 heavy (non-hydrogen) atoms. The highest BCUT2D eigenvalue weighted by molar-refractivity contribution is 5.31. The Kier molecular flexibility index (Phi) is 3.80. The number of benzene rings is 1. The Morgan fingerprint density at radius 3 is 3.06 bits per heavy atom. The molecule has 1 N–H and O–H groups in total. The van der Waals surface area contributed by atoms with Crippen LogP contribution in [0.3, 0.4) is 0 Å². The molecule has 0 aromatic heterocycles. The van der Waals surface area contributed by atoms with E-state index < -0.39 is 0 Å². The number of likely N-dealkylation sites (tertiary alicyclic amines) is 1. The Labute approximate surface area is 96.6 Å². The van der Waals surface area contributed by atoms with E-state index in [-0.39, 0.29) is 6.61 Å². The molecule has 0 radical (unpaired) electrons. The van der Waals surface area contributed by atoms with Crippen LogP contribution in [0.1, 0.15) is 17.9 Å². The van der Waals surface area contributed by atoms with Crippen molar-refractivity contribution < 1.29 is 9.84 Å². The summed E-state index contributed by atoms with van der Waals surface area (Å²) < 4.78 is 5.42. The van der Waals surface area contributed by atoms with Crippen LogP contribution in [0.25, 0.3) is 0 Å². The summed E-state index contributed by atoms with van der Waals surface area (Å²) in [5, 5.41) is 8.71. The van der Waals surface area contributed by atoms with Crippen molar-refractivity contribution in [3.05, 3.63) is 29.8 Å². The Morgan fingerprint density at radius 1 is 1.50 bits per heavy atom. The number of aliphatic hydroxyl groups is 1. The minimum atomic E-state index is 0.0659. The number of rotatable bonds is 4. The standard InChI is InChI=1S/C13H19NO2/c1-14-6-5-12(10-14)11-3-2-4-13(9-11)16-8-7-15/h2-4,9,12,15H,5-8,10H2,1H3. The molecule has 1 saturated heterocycles. The maximum atomic E-state index is 8.71. The van der Waals surface area contributed by atoms with Crippen LogP contribution in [-0.4, -0.2) is 43.4 Å². The third kappa shape index (κ3) is 2.74. The summed E-state index contributed by atoms with van der Waals surface area (Å²) in [6.45, 7) is 2.74. The molecule has 0 amide bonds. The molecular formula is C13H19NO2.